The fourth-order valence-corrected chi connectivity index (χ4v) is 2.86. The van der Waals surface area contributed by atoms with E-state index in [1.807, 2.05) is 0 Å². The van der Waals surface area contributed by atoms with Crippen molar-refractivity contribution in [3.05, 3.63) is 22.8 Å². The molecule has 20 heavy (non-hydrogen) atoms. The normalized spacial score (nSPS) is 23.0. The van der Waals surface area contributed by atoms with E-state index in [0.29, 0.717) is 6.10 Å². The molecule has 4 heteroatoms. The molecule has 2 fully saturated rings. The van der Waals surface area contributed by atoms with E-state index in [4.69, 9.17) is 14.7 Å². The topological polar surface area (TPSA) is 47.0 Å². The summed E-state index contributed by atoms with van der Waals surface area (Å²) in [4.78, 5) is 9.39. The van der Waals surface area contributed by atoms with Gasteiger partial charge in [-0.15, -0.1) is 0 Å². The van der Waals surface area contributed by atoms with Gasteiger partial charge in [-0.2, -0.15) is 0 Å². The van der Waals surface area contributed by atoms with Crippen molar-refractivity contribution < 1.29 is 4.74 Å². The van der Waals surface area contributed by atoms with E-state index in [1.165, 1.54) is 31.2 Å². The van der Waals surface area contributed by atoms with Gasteiger partial charge in [0.25, 0.3) is 0 Å². The Balaban J connectivity index is 1.65. The summed E-state index contributed by atoms with van der Waals surface area (Å²) in [7, 11) is 0. The molecule has 1 aromatic heterocycles. The quantitative estimate of drug-likeness (QED) is 0.896. The Hall–Kier alpha value is -1.00. The first-order chi connectivity index (χ1) is 9.72. The monoisotopic (exact) mass is 275 g/mol. The zero-order chi connectivity index (χ0) is 13.9. The van der Waals surface area contributed by atoms with Gasteiger partial charge in [-0.3, -0.25) is 0 Å². The van der Waals surface area contributed by atoms with Crippen LogP contribution in [0.3, 0.4) is 0 Å². The van der Waals surface area contributed by atoms with Crippen molar-refractivity contribution >= 4 is 0 Å². The minimum absolute atomic E-state index is 0.318. The number of rotatable bonds is 5. The lowest BCUT2D eigenvalue weighted by Gasteiger charge is -2.22. The predicted molar refractivity (Wildman–Crippen MR) is 78.7 cm³/mol. The van der Waals surface area contributed by atoms with E-state index < -0.39 is 0 Å². The van der Waals surface area contributed by atoms with Crippen molar-refractivity contribution in [3.8, 4) is 0 Å². The average molecular weight is 275 g/mol. The lowest BCUT2D eigenvalue weighted by Crippen LogP contribution is -2.23. The van der Waals surface area contributed by atoms with Gasteiger partial charge in [-0.05, 0) is 46.0 Å². The van der Waals surface area contributed by atoms with Gasteiger partial charge in [-0.25, -0.2) is 9.97 Å². The molecule has 0 aromatic carbocycles. The molecule has 1 saturated heterocycles. The van der Waals surface area contributed by atoms with Crippen LogP contribution < -0.4 is 5.32 Å². The lowest BCUT2D eigenvalue weighted by atomic mass is 10.1. The SMILES string of the molecule is Cc1nc(CC2CCCCO2)nc(C)c1CNC1CC1. The molecule has 0 spiro atoms. The molecular formula is C16H25N3O. The number of ether oxygens (including phenoxy) is 1. The number of aromatic nitrogens is 2. The van der Waals surface area contributed by atoms with Crippen molar-refractivity contribution in [1.82, 2.24) is 15.3 Å². The number of nitrogens with zero attached hydrogens (tertiary/aromatic N) is 2. The molecule has 0 amide bonds. The molecule has 2 heterocycles. The summed E-state index contributed by atoms with van der Waals surface area (Å²) in [5, 5.41) is 3.55. The smallest absolute Gasteiger partial charge is 0.131 e. The minimum atomic E-state index is 0.318. The van der Waals surface area contributed by atoms with Crippen molar-refractivity contribution in [3.63, 3.8) is 0 Å². The highest BCUT2D eigenvalue weighted by atomic mass is 16.5. The summed E-state index contributed by atoms with van der Waals surface area (Å²) in [6, 6.07) is 0.726. The largest absolute Gasteiger partial charge is 0.378 e. The molecule has 1 unspecified atom stereocenters. The van der Waals surface area contributed by atoms with Gasteiger partial charge in [0, 0.05) is 42.6 Å². The summed E-state index contributed by atoms with van der Waals surface area (Å²) in [6.45, 7) is 6.00. The molecule has 3 rings (SSSR count). The number of aryl methyl sites for hydroxylation is 2. The molecule has 1 N–H and O–H groups in total. The Morgan fingerprint density at radius 2 is 1.85 bits per heavy atom. The van der Waals surface area contributed by atoms with Gasteiger partial charge in [0.15, 0.2) is 0 Å². The maximum absolute atomic E-state index is 5.79. The summed E-state index contributed by atoms with van der Waals surface area (Å²) in [6.07, 6.45) is 7.42. The third-order valence-corrected chi connectivity index (χ3v) is 4.30. The Bertz CT molecular complexity index is 442. The summed E-state index contributed by atoms with van der Waals surface area (Å²) in [5.74, 6) is 0.946. The van der Waals surface area contributed by atoms with E-state index in [2.05, 4.69) is 19.2 Å². The minimum Gasteiger partial charge on any atom is -0.378 e. The van der Waals surface area contributed by atoms with Gasteiger partial charge in [0.1, 0.15) is 5.82 Å². The van der Waals surface area contributed by atoms with Gasteiger partial charge in [0.05, 0.1) is 6.10 Å². The van der Waals surface area contributed by atoms with Crippen LogP contribution in [0.15, 0.2) is 0 Å². The third-order valence-electron chi connectivity index (χ3n) is 4.30. The van der Waals surface area contributed by atoms with Crippen LogP contribution in [0.4, 0.5) is 0 Å². The average Bonchev–Trinajstić information content (AvgIpc) is 3.23. The molecule has 4 nitrogen and oxygen atoms in total. The molecule has 1 aliphatic carbocycles. The second-order valence-electron chi connectivity index (χ2n) is 6.14. The van der Waals surface area contributed by atoms with Crippen LogP contribution in [0.25, 0.3) is 0 Å². The van der Waals surface area contributed by atoms with Crippen molar-refractivity contribution in [2.45, 2.75) is 71.1 Å². The van der Waals surface area contributed by atoms with Crippen LogP contribution in [0.1, 0.15) is 54.9 Å². The van der Waals surface area contributed by atoms with E-state index in [0.717, 1.165) is 49.2 Å². The van der Waals surface area contributed by atoms with Crippen LogP contribution in [0, 0.1) is 13.8 Å². The molecule has 2 aliphatic rings. The predicted octanol–water partition coefficient (Wildman–Crippen LogP) is 2.46. The molecule has 1 saturated carbocycles. The molecule has 110 valence electrons. The van der Waals surface area contributed by atoms with E-state index in [1.54, 1.807) is 0 Å². The van der Waals surface area contributed by atoms with Crippen LogP contribution in [-0.2, 0) is 17.7 Å². The van der Waals surface area contributed by atoms with Gasteiger partial charge in [-0.1, -0.05) is 0 Å². The maximum Gasteiger partial charge on any atom is 0.131 e. The first-order valence-electron chi connectivity index (χ1n) is 7.90. The van der Waals surface area contributed by atoms with Gasteiger partial charge in [0.2, 0.25) is 0 Å². The Morgan fingerprint density at radius 3 is 2.45 bits per heavy atom. The second-order valence-corrected chi connectivity index (χ2v) is 6.14. The number of hydrogen-bond donors (Lipinski definition) is 1. The zero-order valence-electron chi connectivity index (χ0n) is 12.6. The molecule has 0 radical (unpaired) electrons. The van der Waals surface area contributed by atoms with E-state index >= 15 is 0 Å². The number of nitrogens with one attached hydrogen (secondary N) is 1. The fraction of sp³-hybridized carbons (Fsp3) is 0.750. The van der Waals surface area contributed by atoms with Crippen molar-refractivity contribution in [2.75, 3.05) is 6.61 Å². The van der Waals surface area contributed by atoms with E-state index in [-0.39, 0.29) is 0 Å². The Labute approximate surface area is 121 Å². The van der Waals surface area contributed by atoms with Crippen LogP contribution in [0.5, 0.6) is 0 Å². The summed E-state index contributed by atoms with van der Waals surface area (Å²) in [5.41, 5.74) is 3.51. The molecule has 1 atom stereocenters. The first-order valence-corrected chi connectivity index (χ1v) is 7.90. The highest BCUT2D eigenvalue weighted by Gasteiger charge is 2.21. The maximum atomic E-state index is 5.79. The molecule has 1 aliphatic heterocycles. The van der Waals surface area contributed by atoms with Gasteiger partial charge >= 0.3 is 0 Å². The Kier molecular flexibility index (Phi) is 4.32. The molecule has 0 bridgehead atoms. The van der Waals surface area contributed by atoms with Crippen molar-refractivity contribution in [2.24, 2.45) is 0 Å². The standard InChI is InChI=1S/C16H25N3O/c1-11-15(10-17-13-6-7-13)12(2)19-16(18-11)9-14-5-3-4-8-20-14/h13-14,17H,3-10H2,1-2H3. The first kappa shape index (κ1) is 14.0. The van der Waals surface area contributed by atoms with E-state index in [9.17, 15) is 0 Å². The molecular weight excluding hydrogens is 250 g/mol. The highest BCUT2D eigenvalue weighted by molar-refractivity contribution is 5.24. The lowest BCUT2D eigenvalue weighted by molar-refractivity contribution is 0.0156. The third kappa shape index (κ3) is 3.55. The van der Waals surface area contributed by atoms with Crippen LogP contribution in [0.2, 0.25) is 0 Å². The van der Waals surface area contributed by atoms with Gasteiger partial charge < -0.3 is 10.1 Å². The number of hydrogen-bond acceptors (Lipinski definition) is 4. The van der Waals surface area contributed by atoms with Crippen molar-refractivity contribution in [1.29, 1.82) is 0 Å². The zero-order valence-corrected chi connectivity index (χ0v) is 12.6. The summed E-state index contributed by atoms with van der Waals surface area (Å²) >= 11 is 0. The van der Waals surface area contributed by atoms with Crippen LogP contribution in [-0.4, -0.2) is 28.7 Å². The summed E-state index contributed by atoms with van der Waals surface area (Å²) < 4.78 is 5.79. The van der Waals surface area contributed by atoms with Crippen LogP contribution >= 0.6 is 0 Å². The molecule has 1 aromatic rings. The Morgan fingerprint density at radius 1 is 1.10 bits per heavy atom. The fourth-order valence-electron chi connectivity index (χ4n) is 2.86. The highest BCUT2D eigenvalue weighted by Crippen LogP contribution is 2.21. The second kappa shape index (κ2) is 6.19.